The number of primary amides is 1. The Kier molecular flexibility index (Phi) is 5.00. The number of aliphatic carboxylic acids is 1. The fourth-order valence-corrected chi connectivity index (χ4v) is 2.41. The van der Waals surface area contributed by atoms with Crippen molar-refractivity contribution in [2.45, 2.75) is 25.8 Å². The van der Waals surface area contributed by atoms with E-state index in [2.05, 4.69) is 10.3 Å². The number of aromatic amines is 1. The average Bonchev–Trinajstić information content (AvgIpc) is 2.89. The molecule has 0 bridgehead atoms. The molecule has 0 saturated carbocycles. The summed E-state index contributed by atoms with van der Waals surface area (Å²) in [5.41, 5.74) is 7.15. The molecule has 0 fully saturated rings. The number of hydrogen-bond donors (Lipinski definition) is 4. The zero-order chi connectivity index (χ0) is 17.0. The summed E-state index contributed by atoms with van der Waals surface area (Å²) < 4.78 is 0. The molecule has 0 unspecified atom stereocenters. The molecule has 0 saturated heterocycles. The molecule has 1 aromatic carbocycles. The molecule has 5 N–H and O–H groups in total. The molecule has 1 heterocycles. The minimum atomic E-state index is -1.07. The third-order valence-corrected chi connectivity index (χ3v) is 3.69. The second kappa shape index (κ2) is 6.95. The number of rotatable bonds is 7. The molecular formula is C16H19N3O4. The van der Waals surface area contributed by atoms with E-state index in [1.807, 2.05) is 24.3 Å². The first-order valence-electron chi connectivity index (χ1n) is 7.25. The first-order chi connectivity index (χ1) is 10.9. The molecule has 122 valence electrons. The highest BCUT2D eigenvalue weighted by Gasteiger charge is 2.24. The van der Waals surface area contributed by atoms with Gasteiger partial charge in [0.2, 0.25) is 11.8 Å². The minimum Gasteiger partial charge on any atom is -0.481 e. The molecule has 2 rings (SSSR count). The Labute approximate surface area is 132 Å². The van der Waals surface area contributed by atoms with Crippen molar-refractivity contribution in [3.05, 3.63) is 36.0 Å². The first kappa shape index (κ1) is 16.5. The summed E-state index contributed by atoms with van der Waals surface area (Å²) in [6.07, 6.45) is 1.71. The number of amides is 2. The monoisotopic (exact) mass is 317 g/mol. The second-order valence-corrected chi connectivity index (χ2v) is 5.53. The SMILES string of the molecule is C[C@@H](CC(=O)O)C(=O)N[C@@H](Cc1c[nH]c2ccccc12)C(N)=O. The Balaban J connectivity index is 2.11. The number of fused-ring (bicyclic) bond motifs is 1. The number of hydrogen-bond acceptors (Lipinski definition) is 3. The summed E-state index contributed by atoms with van der Waals surface area (Å²) in [6.45, 7) is 1.49. The van der Waals surface area contributed by atoms with Crippen molar-refractivity contribution >= 4 is 28.7 Å². The van der Waals surface area contributed by atoms with E-state index in [9.17, 15) is 14.4 Å². The number of nitrogens with two attached hydrogens (primary N) is 1. The molecule has 0 radical (unpaired) electrons. The Bertz CT molecular complexity index is 738. The van der Waals surface area contributed by atoms with Gasteiger partial charge in [0, 0.05) is 29.4 Å². The largest absolute Gasteiger partial charge is 0.481 e. The standard InChI is InChI=1S/C16H19N3O4/c1-9(6-14(20)21)16(23)19-13(15(17)22)7-10-8-18-12-5-3-2-4-11(10)12/h2-5,8-9,13,18H,6-7H2,1H3,(H2,17,22)(H,19,23)(H,20,21)/t9-,13-/m0/s1. The molecule has 23 heavy (non-hydrogen) atoms. The van der Waals surface area contributed by atoms with Crippen LogP contribution in [0.2, 0.25) is 0 Å². The summed E-state index contributed by atoms with van der Waals surface area (Å²) in [5, 5.41) is 12.2. The lowest BCUT2D eigenvalue weighted by atomic mass is 10.0. The average molecular weight is 317 g/mol. The molecule has 2 atom stereocenters. The van der Waals surface area contributed by atoms with Gasteiger partial charge in [-0.25, -0.2) is 0 Å². The van der Waals surface area contributed by atoms with E-state index in [1.54, 1.807) is 6.20 Å². The maximum absolute atomic E-state index is 12.0. The Morgan fingerprint density at radius 1 is 1.30 bits per heavy atom. The Hall–Kier alpha value is -2.83. The maximum atomic E-state index is 12.0. The molecular weight excluding hydrogens is 298 g/mol. The van der Waals surface area contributed by atoms with E-state index < -0.39 is 29.7 Å². The van der Waals surface area contributed by atoms with Gasteiger partial charge < -0.3 is 21.1 Å². The van der Waals surface area contributed by atoms with Gasteiger partial charge in [0.25, 0.3) is 0 Å². The van der Waals surface area contributed by atoms with Crippen LogP contribution in [0.3, 0.4) is 0 Å². The molecule has 0 aliphatic rings. The van der Waals surface area contributed by atoms with E-state index in [0.29, 0.717) is 0 Å². The van der Waals surface area contributed by atoms with Gasteiger partial charge in [-0.2, -0.15) is 0 Å². The highest BCUT2D eigenvalue weighted by atomic mass is 16.4. The Morgan fingerprint density at radius 2 is 2.00 bits per heavy atom. The third kappa shape index (κ3) is 4.09. The van der Waals surface area contributed by atoms with Gasteiger partial charge in [-0.15, -0.1) is 0 Å². The molecule has 0 aliphatic carbocycles. The summed E-state index contributed by atoms with van der Waals surface area (Å²) in [4.78, 5) is 37.4. The highest BCUT2D eigenvalue weighted by molar-refractivity contribution is 5.90. The molecule has 0 spiro atoms. The Morgan fingerprint density at radius 3 is 2.65 bits per heavy atom. The maximum Gasteiger partial charge on any atom is 0.304 e. The van der Waals surface area contributed by atoms with Gasteiger partial charge in [0.15, 0.2) is 0 Å². The lowest BCUT2D eigenvalue weighted by molar-refractivity contribution is -0.141. The zero-order valence-corrected chi connectivity index (χ0v) is 12.7. The number of para-hydroxylation sites is 1. The number of aromatic nitrogens is 1. The predicted molar refractivity (Wildman–Crippen MR) is 84.5 cm³/mol. The van der Waals surface area contributed by atoms with Crippen LogP contribution in [0.4, 0.5) is 0 Å². The molecule has 2 amide bonds. The second-order valence-electron chi connectivity index (χ2n) is 5.53. The van der Waals surface area contributed by atoms with Gasteiger partial charge in [0.05, 0.1) is 6.42 Å². The normalized spacial score (nSPS) is 13.4. The zero-order valence-electron chi connectivity index (χ0n) is 12.7. The van der Waals surface area contributed by atoms with E-state index in [4.69, 9.17) is 10.8 Å². The molecule has 1 aromatic heterocycles. The number of nitrogens with one attached hydrogen (secondary N) is 2. The van der Waals surface area contributed by atoms with Crippen molar-refractivity contribution in [1.82, 2.24) is 10.3 Å². The topological polar surface area (TPSA) is 125 Å². The van der Waals surface area contributed by atoms with Gasteiger partial charge in [0.1, 0.15) is 6.04 Å². The third-order valence-electron chi connectivity index (χ3n) is 3.69. The number of carboxylic acid groups (broad SMARTS) is 1. The molecule has 7 nitrogen and oxygen atoms in total. The van der Waals surface area contributed by atoms with Gasteiger partial charge in [-0.1, -0.05) is 25.1 Å². The number of benzene rings is 1. The number of carbonyl (C=O) groups is 3. The molecule has 7 heteroatoms. The summed E-state index contributed by atoms with van der Waals surface area (Å²) in [7, 11) is 0. The number of carbonyl (C=O) groups excluding carboxylic acids is 2. The number of H-pyrrole nitrogens is 1. The van der Waals surface area contributed by atoms with Crippen molar-refractivity contribution in [2.24, 2.45) is 11.7 Å². The van der Waals surface area contributed by atoms with Crippen molar-refractivity contribution in [1.29, 1.82) is 0 Å². The van der Waals surface area contributed by atoms with Crippen LogP contribution in [0.25, 0.3) is 10.9 Å². The fourth-order valence-electron chi connectivity index (χ4n) is 2.41. The van der Waals surface area contributed by atoms with Crippen LogP contribution >= 0.6 is 0 Å². The quantitative estimate of drug-likeness (QED) is 0.602. The molecule has 2 aromatic rings. The van der Waals surface area contributed by atoms with Crippen LogP contribution < -0.4 is 11.1 Å². The summed E-state index contributed by atoms with van der Waals surface area (Å²) in [6, 6.07) is 6.70. The van der Waals surface area contributed by atoms with Crippen molar-refractivity contribution in [3.63, 3.8) is 0 Å². The summed E-state index contributed by atoms with van der Waals surface area (Å²) >= 11 is 0. The van der Waals surface area contributed by atoms with Gasteiger partial charge in [-0.05, 0) is 11.6 Å². The van der Waals surface area contributed by atoms with Crippen LogP contribution in [0, 0.1) is 5.92 Å². The van der Waals surface area contributed by atoms with Gasteiger partial charge >= 0.3 is 5.97 Å². The first-order valence-corrected chi connectivity index (χ1v) is 7.25. The van der Waals surface area contributed by atoms with Crippen LogP contribution in [0.1, 0.15) is 18.9 Å². The van der Waals surface area contributed by atoms with E-state index >= 15 is 0 Å². The van der Waals surface area contributed by atoms with E-state index in [1.165, 1.54) is 6.92 Å². The van der Waals surface area contributed by atoms with E-state index in [0.717, 1.165) is 16.5 Å². The summed E-state index contributed by atoms with van der Waals surface area (Å²) in [5.74, 6) is -2.97. The minimum absolute atomic E-state index is 0.241. The lowest BCUT2D eigenvalue weighted by Gasteiger charge is -2.17. The lowest BCUT2D eigenvalue weighted by Crippen LogP contribution is -2.47. The van der Waals surface area contributed by atoms with Crippen molar-refractivity contribution in [3.8, 4) is 0 Å². The van der Waals surface area contributed by atoms with E-state index in [-0.39, 0.29) is 12.8 Å². The molecule has 0 aliphatic heterocycles. The number of carboxylic acids is 1. The highest BCUT2D eigenvalue weighted by Crippen LogP contribution is 2.19. The van der Waals surface area contributed by atoms with Crippen LogP contribution in [0.15, 0.2) is 30.5 Å². The van der Waals surface area contributed by atoms with Crippen molar-refractivity contribution < 1.29 is 19.5 Å². The van der Waals surface area contributed by atoms with Gasteiger partial charge in [-0.3, -0.25) is 14.4 Å². The van der Waals surface area contributed by atoms with Crippen LogP contribution in [-0.4, -0.2) is 33.9 Å². The van der Waals surface area contributed by atoms with Crippen LogP contribution in [-0.2, 0) is 20.8 Å². The smallest absolute Gasteiger partial charge is 0.304 e. The van der Waals surface area contributed by atoms with Crippen molar-refractivity contribution in [2.75, 3.05) is 0 Å². The van der Waals surface area contributed by atoms with Crippen LogP contribution in [0.5, 0.6) is 0 Å². The predicted octanol–water partition coefficient (Wildman–Crippen LogP) is 0.791. The fraction of sp³-hybridized carbons (Fsp3) is 0.312.